The van der Waals surface area contributed by atoms with Crippen molar-refractivity contribution in [3.8, 4) is 0 Å². The van der Waals surface area contributed by atoms with E-state index >= 15 is 0 Å². The van der Waals surface area contributed by atoms with Gasteiger partial charge in [-0.3, -0.25) is 4.68 Å². The van der Waals surface area contributed by atoms with Crippen LogP contribution in [0.2, 0.25) is 0 Å². The zero-order chi connectivity index (χ0) is 14.7. The van der Waals surface area contributed by atoms with Crippen LogP contribution >= 0.6 is 0 Å². The highest BCUT2D eigenvalue weighted by molar-refractivity contribution is 5.31. The Balaban J connectivity index is 2.23. The van der Waals surface area contributed by atoms with Crippen LogP contribution in [0.4, 0.5) is 0 Å². The molecular formula is C17H25N3. The van der Waals surface area contributed by atoms with Crippen molar-refractivity contribution in [3.63, 3.8) is 0 Å². The van der Waals surface area contributed by atoms with Gasteiger partial charge in [-0.1, -0.05) is 18.2 Å². The second-order valence-electron chi connectivity index (χ2n) is 5.58. The molecule has 0 radical (unpaired) electrons. The summed E-state index contributed by atoms with van der Waals surface area (Å²) in [4.78, 5) is 0. The summed E-state index contributed by atoms with van der Waals surface area (Å²) in [6.45, 7) is 10.4. The Kier molecular flexibility index (Phi) is 4.61. The molecule has 0 spiro atoms. The van der Waals surface area contributed by atoms with E-state index in [1.54, 1.807) is 0 Å². The molecule has 0 saturated heterocycles. The van der Waals surface area contributed by atoms with Gasteiger partial charge in [0.05, 0.1) is 12.2 Å². The first-order chi connectivity index (χ1) is 9.52. The minimum atomic E-state index is 0.855. The largest absolute Gasteiger partial charge is 0.319 e. The van der Waals surface area contributed by atoms with Crippen LogP contribution in [-0.4, -0.2) is 23.4 Å². The van der Waals surface area contributed by atoms with Crippen molar-refractivity contribution in [1.29, 1.82) is 0 Å². The van der Waals surface area contributed by atoms with Crippen LogP contribution in [0.1, 0.15) is 33.6 Å². The molecule has 3 heteroatoms. The van der Waals surface area contributed by atoms with Gasteiger partial charge < -0.3 is 5.32 Å². The van der Waals surface area contributed by atoms with E-state index in [-0.39, 0.29) is 0 Å². The topological polar surface area (TPSA) is 29.9 Å². The summed E-state index contributed by atoms with van der Waals surface area (Å²) < 4.78 is 2.13. The van der Waals surface area contributed by atoms with E-state index < -0.39 is 0 Å². The summed E-state index contributed by atoms with van der Waals surface area (Å²) in [6.07, 6.45) is 1.04. The third-order valence-electron chi connectivity index (χ3n) is 4.06. The highest BCUT2D eigenvalue weighted by atomic mass is 15.3. The van der Waals surface area contributed by atoms with Crippen molar-refractivity contribution in [2.45, 2.75) is 40.7 Å². The number of benzene rings is 1. The standard InChI is InChI=1S/C17H25N3/c1-12-6-7-16(10-13(12)2)11-20-15(4)17(8-9-18-5)14(3)19-20/h6-7,10,18H,8-9,11H2,1-5H3. The van der Waals surface area contributed by atoms with Crippen LogP contribution in [0.3, 0.4) is 0 Å². The predicted molar refractivity (Wildman–Crippen MR) is 84.3 cm³/mol. The fourth-order valence-corrected chi connectivity index (χ4v) is 2.57. The molecule has 1 heterocycles. The van der Waals surface area contributed by atoms with Gasteiger partial charge in [-0.2, -0.15) is 5.10 Å². The summed E-state index contributed by atoms with van der Waals surface area (Å²) in [5.41, 5.74) is 7.83. The average Bonchev–Trinajstić information content (AvgIpc) is 2.67. The Hall–Kier alpha value is -1.61. The first kappa shape index (κ1) is 14.8. The molecule has 1 N–H and O–H groups in total. The molecule has 0 fully saturated rings. The van der Waals surface area contributed by atoms with Crippen LogP contribution in [0.5, 0.6) is 0 Å². The van der Waals surface area contributed by atoms with Gasteiger partial charge in [-0.15, -0.1) is 0 Å². The average molecular weight is 271 g/mol. The molecule has 2 rings (SSSR count). The Morgan fingerprint density at radius 3 is 2.50 bits per heavy atom. The smallest absolute Gasteiger partial charge is 0.0662 e. The summed E-state index contributed by atoms with van der Waals surface area (Å²) in [6, 6.07) is 6.66. The van der Waals surface area contributed by atoms with Crippen LogP contribution in [-0.2, 0) is 13.0 Å². The number of nitrogens with zero attached hydrogens (tertiary/aromatic N) is 2. The van der Waals surface area contributed by atoms with Crippen molar-refractivity contribution < 1.29 is 0 Å². The second kappa shape index (κ2) is 6.23. The van der Waals surface area contributed by atoms with E-state index in [0.717, 1.165) is 25.2 Å². The molecule has 0 aliphatic heterocycles. The maximum atomic E-state index is 4.70. The molecular weight excluding hydrogens is 246 g/mol. The zero-order valence-electron chi connectivity index (χ0n) is 13.2. The molecule has 0 unspecified atom stereocenters. The summed E-state index contributed by atoms with van der Waals surface area (Å²) in [5.74, 6) is 0. The van der Waals surface area contributed by atoms with Crippen molar-refractivity contribution in [1.82, 2.24) is 15.1 Å². The predicted octanol–water partition coefficient (Wildman–Crippen LogP) is 2.93. The number of hydrogen-bond acceptors (Lipinski definition) is 2. The number of aromatic nitrogens is 2. The molecule has 20 heavy (non-hydrogen) atoms. The van der Waals surface area contributed by atoms with Crippen molar-refractivity contribution in [2.24, 2.45) is 0 Å². The van der Waals surface area contributed by atoms with E-state index in [0.29, 0.717) is 0 Å². The Morgan fingerprint density at radius 2 is 1.85 bits per heavy atom. The maximum absolute atomic E-state index is 4.70. The summed E-state index contributed by atoms with van der Waals surface area (Å²) in [7, 11) is 1.99. The van der Waals surface area contributed by atoms with E-state index in [2.05, 4.69) is 55.9 Å². The molecule has 3 nitrogen and oxygen atoms in total. The van der Waals surface area contributed by atoms with E-state index in [1.807, 2.05) is 7.05 Å². The van der Waals surface area contributed by atoms with E-state index in [4.69, 9.17) is 5.10 Å². The second-order valence-corrected chi connectivity index (χ2v) is 5.58. The molecule has 0 bridgehead atoms. The van der Waals surface area contributed by atoms with Gasteiger partial charge in [0.25, 0.3) is 0 Å². The molecule has 0 saturated carbocycles. The van der Waals surface area contributed by atoms with Gasteiger partial charge >= 0.3 is 0 Å². The number of aryl methyl sites for hydroxylation is 3. The lowest BCUT2D eigenvalue weighted by Gasteiger charge is -2.08. The summed E-state index contributed by atoms with van der Waals surface area (Å²) in [5, 5.41) is 7.91. The molecule has 0 aliphatic carbocycles. The minimum Gasteiger partial charge on any atom is -0.319 e. The third kappa shape index (κ3) is 3.10. The van der Waals surface area contributed by atoms with Gasteiger partial charge in [0.2, 0.25) is 0 Å². The Labute approximate surface area is 122 Å². The van der Waals surface area contributed by atoms with Crippen molar-refractivity contribution in [3.05, 3.63) is 51.8 Å². The lowest BCUT2D eigenvalue weighted by molar-refractivity contribution is 0.657. The highest BCUT2D eigenvalue weighted by Gasteiger charge is 2.11. The number of hydrogen-bond donors (Lipinski definition) is 1. The van der Waals surface area contributed by atoms with Gasteiger partial charge in [0.1, 0.15) is 0 Å². The van der Waals surface area contributed by atoms with Crippen LogP contribution in [0.15, 0.2) is 18.2 Å². The van der Waals surface area contributed by atoms with Crippen LogP contribution < -0.4 is 5.32 Å². The Morgan fingerprint density at radius 1 is 1.10 bits per heavy atom. The lowest BCUT2D eigenvalue weighted by Crippen LogP contribution is -2.11. The molecule has 108 valence electrons. The van der Waals surface area contributed by atoms with Crippen LogP contribution in [0.25, 0.3) is 0 Å². The fourth-order valence-electron chi connectivity index (χ4n) is 2.57. The molecule has 0 amide bonds. The quantitative estimate of drug-likeness (QED) is 0.906. The first-order valence-corrected chi connectivity index (χ1v) is 7.26. The normalized spacial score (nSPS) is 11.1. The molecule has 1 aromatic heterocycles. The molecule has 0 atom stereocenters. The lowest BCUT2D eigenvalue weighted by atomic mass is 10.1. The van der Waals surface area contributed by atoms with Crippen LogP contribution in [0, 0.1) is 27.7 Å². The van der Waals surface area contributed by atoms with Gasteiger partial charge in [0, 0.05) is 5.69 Å². The first-order valence-electron chi connectivity index (χ1n) is 7.26. The van der Waals surface area contributed by atoms with Gasteiger partial charge in [-0.25, -0.2) is 0 Å². The summed E-state index contributed by atoms with van der Waals surface area (Å²) >= 11 is 0. The SMILES string of the molecule is CNCCc1c(C)nn(Cc2ccc(C)c(C)c2)c1C. The van der Waals surface area contributed by atoms with Crippen molar-refractivity contribution in [2.75, 3.05) is 13.6 Å². The minimum absolute atomic E-state index is 0.855. The third-order valence-corrected chi connectivity index (χ3v) is 4.06. The highest BCUT2D eigenvalue weighted by Crippen LogP contribution is 2.16. The number of likely N-dealkylation sites (N-methyl/N-ethyl adjacent to an activating group) is 1. The molecule has 0 aliphatic rings. The fraction of sp³-hybridized carbons (Fsp3) is 0.471. The monoisotopic (exact) mass is 271 g/mol. The van der Waals surface area contributed by atoms with Gasteiger partial charge in [0.15, 0.2) is 0 Å². The Bertz CT molecular complexity index is 597. The molecule has 1 aromatic carbocycles. The molecule has 2 aromatic rings. The number of rotatable bonds is 5. The van der Waals surface area contributed by atoms with E-state index in [1.165, 1.54) is 27.9 Å². The van der Waals surface area contributed by atoms with Gasteiger partial charge in [-0.05, 0) is 70.0 Å². The van der Waals surface area contributed by atoms with E-state index in [9.17, 15) is 0 Å². The van der Waals surface area contributed by atoms with Crippen molar-refractivity contribution >= 4 is 0 Å². The number of nitrogens with one attached hydrogen (secondary N) is 1. The zero-order valence-corrected chi connectivity index (χ0v) is 13.2. The maximum Gasteiger partial charge on any atom is 0.0662 e.